The number of aliphatic carboxylic acids is 1. The Morgan fingerprint density at radius 3 is 2.65 bits per heavy atom. The molecular formula is C12H15Br2NO4S. The molecule has 0 aromatic heterocycles. The molecule has 1 aromatic carbocycles. The van der Waals surface area contributed by atoms with Gasteiger partial charge in [0.15, 0.2) is 0 Å². The zero-order valence-corrected chi connectivity index (χ0v) is 14.8. The van der Waals surface area contributed by atoms with Gasteiger partial charge in [0, 0.05) is 21.4 Å². The summed E-state index contributed by atoms with van der Waals surface area (Å²) >= 11 is 6.44. The topological polar surface area (TPSA) is 83.5 Å². The highest BCUT2D eigenvalue weighted by Gasteiger charge is 2.20. The third kappa shape index (κ3) is 5.51. The van der Waals surface area contributed by atoms with Gasteiger partial charge in [-0.2, -0.15) is 0 Å². The van der Waals surface area contributed by atoms with E-state index in [2.05, 4.69) is 36.6 Å². The Bertz CT molecular complexity index is 589. The lowest BCUT2D eigenvalue weighted by Gasteiger charge is -2.14. The standard InChI is InChI=1S/C12H15Br2NO4S/c1-8(3-2-4-12(16)17)15-20(18,19)11-7-9(13)5-6-10(11)14/h5-8,15H,2-4H2,1H3,(H,16,17). The van der Waals surface area contributed by atoms with E-state index in [0.29, 0.717) is 21.8 Å². The fourth-order valence-electron chi connectivity index (χ4n) is 1.63. The van der Waals surface area contributed by atoms with Crippen molar-refractivity contribution < 1.29 is 18.3 Å². The van der Waals surface area contributed by atoms with Crippen LogP contribution in [0.1, 0.15) is 26.2 Å². The fourth-order valence-corrected chi connectivity index (χ4v) is 4.41. The maximum atomic E-state index is 12.2. The van der Waals surface area contributed by atoms with Crippen LogP contribution in [0, 0.1) is 0 Å². The van der Waals surface area contributed by atoms with Gasteiger partial charge in [-0.05, 0) is 53.9 Å². The summed E-state index contributed by atoms with van der Waals surface area (Å²) in [4.78, 5) is 10.6. The molecule has 0 aliphatic carbocycles. The Hall–Kier alpha value is -0.440. The molecule has 0 aliphatic rings. The summed E-state index contributed by atoms with van der Waals surface area (Å²) in [6, 6.07) is 4.56. The van der Waals surface area contributed by atoms with Crippen molar-refractivity contribution in [1.82, 2.24) is 4.72 Å². The molecule has 0 saturated heterocycles. The zero-order valence-electron chi connectivity index (χ0n) is 10.8. The van der Waals surface area contributed by atoms with E-state index in [1.54, 1.807) is 19.1 Å². The molecular weight excluding hydrogens is 414 g/mol. The molecule has 5 nitrogen and oxygen atoms in total. The van der Waals surface area contributed by atoms with E-state index >= 15 is 0 Å². The van der Waals surface area contributed by atoms with Gasteiger partial charge in [0.25, 0.3) is 0 Å². The Morgan fingerprint density at radius 1 is 1.40 bits per heavy atom. The second kappa shape index (κ2) is 7.53. The van der Waals surface area contributed by atoms with E-state index in [4.69, 9.17) is 5.11 Å². The van der Waals surface area contributed by atoms with Crippen molar-refractivity contribution in [2.24, 2.45) is 0 Å². The molecule has 20 heavy (non-hydrogen) atoms. The summed E-state index contributed by atoms with van der Waals surface area (Å²) in [5.74, 6) is -0.880. The minimum absolute atomic E-state index is 0.0344. The van der Waals surface area contributed by atoms with E-state index in [9.17, 15) is 13.2 Å². The normalized spacial score (nSPS) is 13.2. The van der Waals surface area contributed by atoms with Crippen LogP contribution in [0.5, 0.6) is 0 Å². The molecule has 0 heterocycles. The van der Waals surface area contributed by atoms with Crippen molar-refractivity contribution in [3.63, 3.8) is 0 Å². The summed E-state index contributed by atoms with van der Waals surface area (Å²) in [5, 5.41) is 8.55. The molecule has 0 radical (unpaired) electrons. The van der Waals surface area contributed by atoms with Gasteiger partial charge in [-0.15, -0.1) is 0 Å². The lowest BCUT2D eigenvalue weighted by molar-refractivity contribution is -0.137. The van der Waals surface area contributed by atoms with Crippen molar-refractivity contribution in [2.45, 2.75) is 37.1 Å². The van der Waals surface area contributed by atoms with E-state index < -0.39 is 16.0 Å². The highest BCUT2D eigenvalue weighted by molar-refractivity contribution is 9.11. The number of sulfonamides is 1. The van der Waals surface area contributed by atoms with E-state index in [1.165, 1.54) is 6.07 Å². The smallest absolute Gasteiger partial charge is 0.303 e. The second-order valence-electron chi connectivity index (χ2n) is 4.38. The van der Waals surface area contributed by atoms with Crippen molar-refractivity contribution >= 4 is 47.9 Å². The molecule has 8 heteroatoms. The van der Waals surface area contributed by atoms with Crippen LogP contribution in [-0.2, 0) is 14.8 Å². The molecule has 2 N–H and O–H groups in total. The largest absolute Gasteiger partial charge is 0.481 e. The van der Waals surface area contributed by atoms with Crippen LogP contribution < -0.4 is 4.72 Å². The minimum Gasteiger partial charge on any atom is -0.481 e. The Kier molecular flexibility index (Phi) is 6.63. The number of rotatable bonds is 7. The lowest BCUT2D eigenvalue weighted by atomic mass is 10.1. The lowest BCUT2D eigenvalue weighted by Crippen LogP contribution is -2.32. The van der Waals surface area contributed by atoms with Crippen molar-refractivity contribution in [3.8, 4) is 0 Å². The molecule has 0 bridgehead atoms. The van der Waals surface area contributed by atoms with Crippen LogP contribution in [0.25, 0.3) is 0 Å². The first kappa shape index (κ1) is 17.6. The highest BCUT2D eigenvalue weighted by atomic mass is 79.9. The average molecular weight is 429 g/mol. The summed E-state index contributed by atoms with van der Waals surface area (Å²) in [5.41, 5.74) is 0. The third-order valence-corrected chi connectivity index (χ3v) is 5.64. The van der Waals surface area contributed by atoms with Gasteiger partial charge < -0.3 is 5.11 Å². The third-order valence-electron chi connectivity index (χ3n) is 2.57. The van der Waals surface area contributed by atoms with Crippen LogP contribution in [0.4, 0.5) is 0 Å². The number of halogens is 2. The Labute approximate surface area is 135 Å². The summed E-state index contributed by atoms with van der Waals surface area (Å²) < 4.78 is 28.2. The molecule has 0 fully saturated rings. The Balaban J connectivity index is 2.74. The zero-order chi connectivity index (χ0) is 15.3. The van der Waals surface area contributed by atoms with Gasteiger partial charge in [0.1, 0.15) is 0 Å². The highest BCUT2D eigenvalue weighted by Crippen LogP contribution is 2.25. The monoisotopic (exact) mass is 427 g/mol. The molecule has 0 amide bonds. The maximum absolute atomic E-state index is 12.2. The van der Waals surface area contributed by atoms with Crippen molar-refractivity contribution in [3.05, 3.63) is 27.1 Å². The van der Waals surface area contributed by atoms with Gasteiger partial charge >= 0.3 is 5.97 Å². The number of carboxylic acids is 1. The van der Waals surface area contributed by atoms with Gasteiger partial charge in [0.05, 0.1) is 4.90 Å². The molecule has 1 atom stereocenters. The molecule has 1 aromatic rings. The molecule has 1 unspecified atom stereocenters. The average Bonchev–Trinajstić information content (AvgIpc) is 2.31. The fraction of sp³-hybridized carbons (Fsp3) is 0.417. The van der Waals surface area contributed by atoms with Gasteiger partial charge in [-0.25, -0.2) is 13.1 Å². The number of carboxylic acid groups (broad SMARTS) is 1. The van der Waals surface area contributed by atoms with Crippen molar-refractivity contribution in [1.29, 1.82) is 0 Å². The van der Waals surface area contributed by atoms with Crippen LogP contribution in [0.15, 0.2) is 32.0 Å². The quantitative estimate of drug-likeness (QED) is 0.698. The van der Waals surface area contributed by atoms with Crippen LogP contribution in [0.2, 0.25) is 0 Å². The molecule has 1 rings (SSSR count). The minimum atomic E-state index is -3.64. The predicted octanol–water partition coefficient (Wildman–Crippen LogP) is 3.13. The Morgan fingerprint density at radius 2 is 2.05 bits per heavy atom. The van der Waals surface area contributed by atoms with Gasteiger partial charge in [0.2, 0.25) is 10.0 Å². The van der Waals surface area contributed by atoms with E-state index in [1.807, 2.05) is 0 Å². The van der Waals surface area contributed by atoms with E-state index in [0.717, 1.165) is 0 Å². The summed E-state index contributed by atoms with van der Waals surface area (Å²) in [6.07, 6.45) is 0.933. The SMILES string of the molecule is CC(CCCC(=O)O)NS(=O)(=O)c1cc(Br)ccc1Br. The molecule has 0 aliphatic heterocycles. The molecule has 0 spiro atoms. The number of nitrogens with one attached hydrogen (secondary N) is 1. The maximum Gasteiger partial charge on any atom is 0.303 e. The van der Waals surface area contributed by atoms with Crippen LogP contribution in [0.3, 0.4) is 0 Å². The van der Waals surface area contributed by atoms with Crippen LogP contribution in [-0.4, -0.2) is 25.5 Å². The number of benzene rings is 1. The number of hydrogen-bond acceptors (Lipinski definition) is 3. The number of hydrogen-bond donors (Lipinski definition) is 2. The van der Waals surface area contributed by atoms with E-state index in [-0.39, 0.29) is 17.4 Å². The van der Waals surface area contributed by atoms with Gasteiger partial charge in [-0.3, -0.25) is 4.79 Å². The van der Waals surface area contributed by atoms with Gasteiger partial charge in [-0.1, -0.05) is 15.9 Å². The summed E-state index contributed by atoms with van der Waals surface area (Å²) in [6.45, 7) is 1.71. The number of carbonyl (C=O) groups is 1. The first-order chi connectivity index (χ1) is 9.22. The second-order valence-corrected chi connectivity index (χ2v) is 7.84. The van der Waals surface area contributed by atoms with Crippen LogP contribution >= 0.6 is 31.9 Å². The first-order valence-corrected chi connectivity index (χ1v) is 8.98. The first-order valence-electron chi connectivity index (χ1n) is 5.91. The van der Waals surface area contributed by atoms with Crippen molar-refractivity contribution in [2.75, 3.05) is 0 Å². The molecule has 0 saturated carbocycles. The predicted molar refractivity (Wildman–Crippen MR) is 83.1 cm³/mol. The summed E-state index contributed by atoms with van der Waals surface area (Å²) in [7, 11) is -3.64. The molecule has 112 valence electrons.